The normalized spacial score (nSPS) is 19.7. The van der Waals surface area contributed by atoms with E-state index in [-0.39, 0.29) is 12.1 Å². The molecule has 3 rings (SSSR count). The molecule has 0 aliphatic carbocycles. The summed E-state index contributed by atoms with van der Waals surface area (Å²) in [7, 11) is 2.05. The van der Waals surface area contributed by atoms with Crippen molar-refractivity contribution >= 4 is 6.03 Å². The van der Waals surface area contributed by atoms with Gasteiger partial charge in [-0.15, -0.1) is 0 Å². The first kappa shape index (κ1) is 13.7. The second kappa shape index (κ2) is 6.01. The van der Waals surface area contributed by atoms with Crippen LogP contribution < -0.4 is 5.32 Å². The van der Waals surface area contributed by atoms with Crippen LogP contribution in [0.25, 0.3) is 0 Å². The Bertz CT molecular complexity index is 566. The van der Waals surface area contributed by atoms with Crippen molar-refractivity contribution in [2.75, 3.05) is 26.7 Å². The third-order valence-corrected chi connectivity index (χ3v) is 3.76. The summed E-state index contributed by atoms with van der Waals surface area (Å²) in [5.41, 5.74) is 0. The van der Waals surface area contributed by atoms with Crippen molar-refractivity contribution in [2.24, 2.45) is 0 Å². The lowest BCUT2D eigenvalue weighted by Crippen LogP contribution is -2.52. The molecule has 1 saturated heterocycles. The molecule has 2 amide bonds. The Morgan fingerprint density at radius 3 is 3.19 bits per heavy atom. The number of rotatable bonds is 3. The summed E-state index contributed by atoms with van der Waals surface area (Å²) in [6.07, 6.45) is 5.14. The molecule has 0 saturated carbocycles. The largest absolute Gasteiger partial charge is 0.467 e. The van der Waals surface area contributed by atoms with Gasteiger partial charge >= 0.3 is 6.03 Å². The Labute approximate surface area is 122 Å². The van der Waals surface area contributed by atoms with E-state index in [9.17, 15) is 4.79 Å². The molecular weight excluding hydrogens is 270 g/mol. The van der Waals surface area contributed by atoms with E-state index < -0.39 is 0 Å². The number of nitrogens with zero attached hydrogens (tertiary/aromatic N) is 3. The van der Waals surface area contributed by atoms with Crippen molar-refractivity contribution in [1.29, 1.82) is 0 Å². The van der Waals surface area contributed by atoms with E-state index in [2.05, 4.69) is 20.2 Å². The van der Waals surface area contributed by atoms with Crippen LogP contribution >= 0.6 is 0 Å². The van der Waals surface area contributed by atoms with Crippen molar-refractivity contribution < 1.29 is 9.21 Å². The van der Waals surface area contributed by atoms with Gasteiger partial charge in [-0.2, -0.15) is 0 Å². The van der Waals surface area contributed by atoms with Crippen molar-refractivity contribution in [3.05, 3.63) is 42.4 Å². The third-order valence-electron chi connectivity index (χ3n) is 3.76. The molecule has 0 aromatic carbocycles. The average Bonchev–Trinajstić information content (AvgIpc) is 3.18. The SMILES string of the molecule is CN1CCN(C(=O)NCc2ccco2)CC1c1ncc[nH]1. The highest BCUT2D eigenvalue weighted by Crippen LogP contribution is 2.20. The molecule has 0 radical (unpaired) electrons. The fourth-order valence-electron chi connectivity index (χ4n) is 2.50. The fraction of sp³-hybridized carbons (Fsp3) is 0.429. The minimum Gasteiger partial charge on any atom is -0.467 e. The highest BCUT2D eigenvalue weighted by molar-refractivity contribution is 5.74. The molecule has 7 heteroatoms. The number of amides is 2. The van der Waals surface area contributed by atoms with Gasteiger partial charge in [0.1, 0.15) is 11.6 Å². The minimum absolute atomic E-state index is 0.0731. The fourth-order valence-corrected chi connectivity index (χ4v) is 2.50. The molecule has 1 aliphatic heterocycles. The van der Waals surface area contributed by atoms with Crippen LogP contribution in [0.5, 0.6) is 0 Å². The summed E-state index contributed by atoms with van der Waals surface area (Å²) in [6.45, 7) is 2.55. The Balaban J connectivity index is 1.59. The predicted molar refractivity (Wildman–Crippen MR) is 76.5 cm³/mol. The summed E-state index contributed by atoms with van der Waals surface area (Å²) in [4.78, 5) is 23.7. The smallest absolute Gasteiger partial charge is 0.317 e. The van der Waals surface area contributed by atoms with Crippen molar-refractivity contribution in [3.8, 4) is 0 Å². The first-order valence-electron chi connectivity index (χ1n) is 6.98. The number of hydrogen-bond acceptors (Lipinski definition) is 4. The molecule has 112 valence electrons. The second-order valence-corrected chi connectivity index (χ2v) is 5.15. The van der Waals surface area contributed by atoms with Crippen LogP contribution in [-0.4, -0.2) is 52.5 Å². The van der Waals surface area contributed by atoms with Gasteiger partial charge < -0.3 is 19.6 Å². The summed E-state index contributed by atoms with van der Waals surface area (Å²) in [6, 6.07) is 3.68. The minimum atomic E-state index is -0.0731. The van der Waals surface area contributed by atoms with Gasteiger partial charge in [0.05, 0.1) is 18.8 Å². The number of nitrogens with one attached hydrogen (secondary N) is 2. The number of likely N-dealkylation sites (N-methyl/N-ethyl adjacent to an activating group) is 1. The van der Waals surface area contributed by atoms with Gasteiger partial charge in [-0.05, 0) is 19.2 Å². The lowest BCUT2D eigenvalue weighted by molar-refractivity contribution is 0.106. The molecule has 7 nitrogen and oxygen atoms in total. The van der Waals surface area contributed by atoms with Gasteiger partial charge in [0.2, 0.25) is 0 Å². The molecule has 1 aliphatic rings. The van der Waals surface area contributed by atoms with Crippen LogP contribution in [0.1, 0.15) is 17.6 Å². The maximum atomic E-state index is 12.2. The molecule has 21 heavy (non-hydrogen) atoms. The van der Waals surface area contributed by atoms with E-state index in [1.165, 1.54) is 0 Å². The highest BCUT2D eigenvalue weighted by atomic mass is 16.3. The lowest BCUT2D eigenvalue weighted by Gasteiger charge is -2.38. The van der Waals surface area contributed by atoms with Crippen LogP contribution in [0.2, 0.25) is 0 Å². The molecular formula is C14H19N5O2. The van der Waals surface area contributed by atoms with E-state index in [0.29, 0.717) is 19.6 Å². The molecule has 0 bridgehead atoms. The van der Waals surface area contributed by atoms with Gasteiger partial charge in [-0.3, -0.25) is 4.90 Å². The summed E-state index contributed by atoms with van der Waals surface area (Å²) < 4.78 is 5.21. The van der Waals surface area contributed by atoms with Crippen LogP contribution in [-0.2, 0) is 6.54 Å². The number of furan rings is 1. The van der Waals surface area contributed by atoms with Gasteiger partial charge in [0.25, 0.3) is 0 Å². The topological polar surface area (TPSA) is 77.4 Å². The van der Waals surface area contributed by atoms with E-state index in [1.807, 2.05) is 24.1 Å². The van der Waals surface area contributed by atoms with E-state index in [4.69, 9.17) is 4.42 Å². The maximum absolute atomic E-state index is 12.2. The Morgan fingerprint density at radius 1 is 1.57 bits per heavy atom. The van der Waals surface area contributed by atoms with Gasteiger partial charge in [-0.1, -0.05) is 0 Å². The number of carbonyl (C=O) groups excluding carboxylic acids is 1. The molecule has 1 atom stereocenters. The monoisotopic (exact) mass is 289 g/mol. The molecule has 3 heterocycles. The molecule has 1 fully saturated rings. The zero-order valence-corrected chi connectivity index (χ0v) is 12.0. The number of aromatic amines is 1. The summed E-state index contributed by atoms with van der Waals surface area (Å²) in [5.74, 6) is 1.64. The van der Waals surface area contributed by atoms with E-state index in [0.717, 1.165) is 18.1 Å². The molecule has 2 aromatic rings. The standard InChI is InChI=1S/C14H19N5O2/c1-18-6-7-19(10-12(18)13-15-4-5-16-13)14(20)17-9-11-3-2-8-21-11/h2-5,8,12H,6-7,9-10H2,1H3,(H,15,16)(H,17,20). The lowest BCUT2D eigenvalue weighted by atomic mass is 10.1. The molecule has 2 N–H and O–H groups in total. The number of urea groups is 1. The second-order valence-electron chi connectivity index (χ2n) is 5.15. The Morgan fingerprint density at radius 2 is 2.48 bits per heavy atom. The van der Waals surface area contributed by atoms with Crippen molar-refractivity contribution in [2.45, 2.75) is 12.6 Å². The predicted octanol–water partition coefficient (Wildman–Crippen LogP) is 1.20. The molecule has 2 aromatic heterocycles. The van der Waals surface area contributed by atoms with Gasteiger partial charge in [0.15, 0.2) is 0 Å². The Hall–Kier alpha value is -2.28. The summed E-state index contributed by atoms with van der Waals surface area (Å²) in [5, 5.41) is 2.88. The number of carbonyl (C=O) groups is 1. The van der Waals surface area contributed by atoms with Crippen LogP contribution in [0.3, 0.4) is 0 Å². The molecule has 0 spiro atoms. The van der Waals surface area contributed by atoms with Gasteiger partial charge in [-0.25, -0.2) is 9.78 Å². The van der Waals surface area contributed by atoms with Crippen LogP contribution in [0.15, 0.2) is 35.2 Å². The van der Waals surface area contributed by atoms with Crippen LogP contribution in [0.4, 0.5) is 4.79 Å². The maximum Gasteiger partial charge on any atom is 0.317 e. The summed E-state index contributed by atoms with van der Waals surface area (Å²) >= 11 is 0. The first-order valence-corrected chi connectivity index (χ1v) is 6.98. The quantitative estimate of drug-likeness (QED) is 0.890. The zero-order chi connectivity index (χ0) is 14.7. The number of hydrogen-bond donors (Lipinski definition) is 2. The van der Waals surface area contributed by atoms with E-state index in [1.54, 1.807) is 18.7 Å². The number of aromatic nitrogens is 2. The average molecular weight is 289 g/mol. The number of H-pyrrole nitrogens is 1. The highest BCUT2D eigenvalue weighted by Gasteiger charge is 2.29. The molecule has 1 unspecified atom stereocenters. The zero-order valence-electron chi connectivity index (χ0n) is 12.0. The van der Waals surface area contributed by atoms with Crippen LogP contribution in [0, 0.1) is 0 Å². The van der Waals surface area contributed by atoms with Crippen molar-refractivity contribution in [1.82, 2.24) is 25.1 Å². The van der Waals surface area contributed by atoms with E-state index >= 15 is 0 Å². The number of piperazine rings is 1. The number of imidazole rings is 1. The first-order chi connectivity index (χ1) is 10.2. The van der Waals surface area contributed by atoms with Crippen molar-refractivity contribution in [3.63, 3.8) is 0 Å². The third kappa shape index (κ3) is 3.08. The Kier molecular flexibility index (Phi) is 3.92. The van der Waals surface area contributed by atoms with Gasteiger partial charge in [0, 0.05) is 32.0 Å².